The van der Waals surface area contributed by atoms with Crippen LogP contribution >= 0.6 is 37.9 Å². The van der Waals surface area contributed by atoms with Gasteiger partial charge in [-0.3, -0.25) is 54.0 Å². The third-order valence-electron chi connectivity index (χ3n) is 8.86. The molecule has 364 valence electrons. The minimum absolute atomic E-state index is 0.0594. The number of hydrogen-bond acceptors (Lipinski definition) is 17. The van der Waals surface area contributed by atoms with Crippen molar-refractivity contribution in [3.8, 4) is 0 Å². The summed E-state index contributed by atoms with van der Waals surface area (Å²) in [6.45, 7) is -0.906. The summed E-state index contributed by atoms with van der Waals surface area (Å²) in [5, 5.41) is 56.0. The number of H-pyrrole nitrogens is 1. The third kappa shape index (κ3) is 21.9. The standard InChI is InChI=1S/C34H59N17O11S3/c35-16(11-63)26(56)45-17(3-1-5-42-33(37)38)27(57)48-20(8-24(53)54)30(60)47-19(7-15-9-41-14-44-15)29(59)49-21(10-52)31(61)46-18(4-2-6-43-34(39)40)28(58)51-23(13-65)32(62)50-22(12-64)25(36)55/h9,14,16-23,52,63-65H,1-8,10-13,35H2,(H2,36,55)(H,41,44)(H,45,56)(H,46,61)(H,47,60)(H,48,57)(H,49,59)(H,50,62)(H,51,58)(H,53,54)(H4,37,38,42)(H4,39,40,43)/t16-,17-,18-,19-,20-,21-,22-,23-/m0/s1. The molecule has 0 saturated heterocycles. The van der Waals surface area contributed by atoms with Gasteiger partial charge in [0.15, 0.2) is 11.9 Å². The quantitative estimate of drug-likeness (QED) is 0.0142. The number of carboxylic acid groups (broad SMARTS) is 1. The molecule has 0 aromatic carbocycles. The second-order valence-electron chi connectivity index (χ2n) is 14.0. The number of hydrogen-bond donors (Lipinski definition) is 21. The second kappa shape index (κ2) is 30.2. The van der Waals surface area contributed by atoms with Crippen molar-refractivity contribution in [2.45, 2.75) is 86.9 Å². The number of imidazole rings is 1. The normalized spacial score (nSPS) is 14.5. The van der Waals surface area contributed by atoms with E-state index in [-0.39, 0.29) is 80.1 Å². The van der Waals surface area contributed by atoms with Crippen molar-refractivity contribution in [1.82, 2.24) is 57.8 Å². The highest BCUT2D eigenvalue weighted by Gasteiger charge is 2.35. The molecular weight excluding hydrogens is 919 g/mol. The molecule has 28 nitrogen and oxygen atoms in total. The lowest BCUT2D eigenvalue weighted by Crippen LogP contribution is -2.61. The van der Waals surface area contributed by atoms with E-state index in [9.17, 15) is 53.4 Å². The number of amides is 8. The average molecular weight is 978 g/mol. The molecule has 8 amide bonds. The van der Waals surface area contributed by atoms with Crippen LogP contribution in [-0.4, -0.2) is 171 Å². The molecule has 8 atom stereocenters. The first kappa shape index (κ1) is 57.0. The van der Waals surface area contributed by atoms with Gasteiger partial charge in [0, 0.05) is 43.0 Å². The van der Waals surface area contributed by atoms with Crippen LogP contribution < -0.4 is 70.8 Å². The molecule has 0 unspecified atom stereocenters. The molecule has 0 fully saturated rings. The number of aliphatic hydroxyl groups is 1. The number of guanidine groups is 2. The molecule has 0 aliphatic carbocycles. The van der Waals surface area contributed by atoms with Crippen molar-refractivity contribution in [2.75, 3.05) is 37.0 Å². The Morgan fingerprint density at radius 1 is 0.615 bits per heavy atom. The van der Waals surface area contributed by atoms with Gasteiger partial charge in [0.2, 0.25) is 47.3 Å². The van der Waals surface area contributed by atoms with E-state index in [0.717, 1.165) is 0 Å². The molecular formula is C34H59N17O11S3. The lowest BCUT2D eigenvalue weighted by atomic mass is 10.1. The van der Waals surface area contributed by atoms with Gasteiger partial charge in [-0.15, -0.1) is 0 Å². The van der Waals surface area contributed by atoms with Crippen molar-refractivity contribution in [1.29, 1.82) is 10.8 Å². The number of nitrogens with zero attached hydrogens (tertiary/aromatic N) is 1. The molecule has 0 spiro atoms. The summed E-state index contributed by atoms with van der Waals surface area (Å²) in [7, 11) is 0. The summed E-state index contributed by atoms with van der Waals surface area (Å²) in [4.78, 5) is 124. The van der Waals surface area contributed by atoms with Crippen LogP contribution in [0.5, 0.6) is 0 Å². The summed E-state index contributed by atoms with van der Waals surface area (Å²) in [5.74, 6) is -10.8. The van der Waals surface area contributed by atoms with Gasteiger partial charge in [0.1, 0.15) is 42.3 Å². The highest BCUT2D eigenvalue weighted by atomic mass is 32.1. The summed E-state index contributed by atoms with van der Waals surface area (Å²) < 4.78 is 0. The molecule has 0 saturated carbocycles. The summed E-state index contributed by atoms with van der Waals surface area (Å²) in [6.07, 6.45) is 1.22. The lowest BCUT2D eigenvalue weighted by molar-refractivity contribution is -0.141. The van der Waals surface area contributed by atoms with Crippen LogP contribution in [0.25, 0.3) is 0 Å². The summed E-state index contributed by atoms with van der Waals surface area (Å²) >= 11 is 12.0. The number of rotatable bonds is 31. The van der Waals surface area contributed by atoms with Crippen LogP contribution in [0.2, 0.25) is 0 Å². The number of carbonyl (C=O) groups excluding carboxylic acids is 8. The Balaban J connectivity index is 3.37. The van der Waals surface area contributed by atoms with E-state index in [1.165, 1.54) is 12.5 Å². The molecule has 0 bridgehead atoms. The lowest BCUT2D eigenvalue weighted by Gasteiger charge is -2.27. The SMILES string of the molecule is N=C(N)NCCC[C@H](NC(=O)[C@H](CO)NC(=O)[C@H](Cc1c[nH]cn1)NC(=O)[C@H](CC(=O)O)NC(=O)[C@H](CCCNC(=N)N)NC(=O)[C@@H](N)CS)C(=O)N[C@@H](CS)C(=O)N[C@@H](CS)C(N)=O. The van der Waals surface area contributed by atoms with Gasteiger partial charge >= 0.3 is 5.97 Å². The zero-order valence-corrected chi connectivity index (χ0v) is 37.6. The van der Waals surface area contributed by atoms with Crippen molar-refractivity contribution in [3.63, 3.8) is 0 Å². The van der Waals surface area contributed by atoms with Crippen LogP contribution in [0.15, 0.2) is 12.5 Å². The maximum absolute atomic E-state index is 13.8. The number of thiol groups is 3. The molecule has 0 aliphatic heterocycles. The van der Waals surface area contributed by atoms with Gasteiger partial charge in [-0.2, -0.15) is 37.9 Å². The Hall–Kier alpha value is -6.05. The molecule has 65 heavy (non-hydrogen) atoms. The third-order valence-corrected chi connectivity index (χ3v) is 9.98. The number of nitrogens with two attached hydrogens (primary N) is 4. The van der Waals surface area contributed by atoms with Gasteiger partial charge in [-0.1, -0.05) is 0 Å². The first-order chi connectivity index (χ1) is 30.7. The van der Waals surface area contributed by atoms with Crippen LogP contribution in [0.1, 0.15) is 37.8 Å². The fourth-order valence-corrected chi connectivity index (χ4v) is 6.09. The monoisotopic (exact) mass is 977 g/mol. The smallest absolute Gasteiger partial charge is 0.305 e. The predicted octanol–water partition coefficient (Wildman–Crippen LogP) is -8.06. The van der Waals surface area contributed by atoms with E-state index in [2.05, 4.69) is 95.7 Å². The van der Waals surface area contributed by atoms with E-state index < -0.39 is 115 Å². The Morgan fingerprint density at radius 2 is 1.03 bits per heavy atom. The van der Waals surface area contributed by atoms with Crippen molar-refractivity contribution < 1.29 is 53.4 Å². The van der Waals surface area contributed by atoms with Crippen molar-refractivity contribution >= 4 is 103 Å². The molecule has 1 aromatic heterocycles. The van der Waals surface area contributed by atoms with E-state index in [0.29, 0.717) is 0 Å². The molecule has 0 aliphatic rings. The minimum atomic E-state index is -1.86. The summed E-state index contributed by atoms with van der Waals surface area (Å²) in [6, 6.07) is -11.8. The zero-order chi connectivity index (χ0) is 49.2. The van der Waals surface area contributed by atoms with Crippen LogP contribution in [-0.2, 0) is 49.6 Å². The van der Waals surface area contributed by atoms with Crippen LogP contribution in [0, 0.1) is 10.8 Å². The second-order valence-corrected chi connectivity index (χ2v) is 15.1. The van der Waals surface area contributed by atoms with E-state index in [4.69, 9.17) is 33.8 Å². The van der Waals surface area contributed by atoms with Crippen molar-refractivity contribution in [2.24, 2.45) is 22.9 Å². The average Bonchev–Trinajstić information content (AvgIpc) is 3.77. The van der Waals surface area contributed by atoms with E-state index >= 15 is 0 Å². The van der Waals surface area contributed by atoms with E-state index in [1.54, 1.807) is 0 Å². The van der Waals surface area contributed by atoms with Crippen LogP contribution in [0.4, 0.5) is 0 Å². The molecule has 22 N–H and O–H groups in total. The molecule has 1 heterocycles. The number of aliphatic carboxylic acids is 1. The Kier molecular flexibility index (Phi) is 26.4. The predicted molar refractivity (Wildman–Crippen MR) is 242 cm³/mol. The number of aromatic nitrogens is 2. The van der Waals surface area contributed by atoms with Gasteiger partial charge < -0.3 is 86.0 Å². The number of aromatic amines is 1. The highest BCUT2D eigenvalue weighted by Crippen LogP contribution is 2.07. The number of carboxylic acids is 1. The first-order valence-corrected chi connectivity index (χ1v) is 21.5. The number of carbonyl (C=O) groups is 9. The number of nitrogens with one attached hydrogen (secondary N) is 12. The van der Waals surface area contributed by atoms with Crippen LogP contribution in [0.3, 0.4) is 0 Å². The maximum atomic E-state index is 13.8. The van der Waals surface area contributed by atoms with E-state index in [1.807, 2.05) is 0 Å². The molecule has 31 heteroatoms. The van der Waals surface area contributed by atoms with Crippen molar-refractivity contribution in [3.05, 3.63) is 18.2 Å². The van der Waals surface area contributed by atoms with Gasteiger partial charge in [0.25, 0.3) is 0 Å². The fourth-order valence-electron chi connectivity index (χ4n) is 5.39. The Labute approximate surface area is 388 Å². The fraction of sp³-hybridized carbons (Fsp3) is 0.588. The van der Waals surface area contributed by atoms with Gasteiger partial charge in [0.05, 0.1) is 31.1 Å². The molecule has 0 radical (unpaired) electrons. The largest absolute Gasteiger partial charge is 0.481 e. The molecule has 1 rings (SSSR count). The number of aliphatic hydroxyl groups excluding tert-OH is 1. The minimum Gasteiger partial charge on any atom is -0.481 e. The zero-order valence-electron chi connectivity index (χ0n) is 34.9. The highest BCUT2D eigenvalue weighted by molar-refractivity contribution is 7.80. The topological polar surface area (TPSA) is 483 Å². The summed E-state index contributed by atoms with van der Waals surface area (Å²) in [5.41, 5.74) is 21.8. The van der Waals surface area contributed by atoms with Gasteiger partial charge in [-0.25, -0.2) is 4.98 Å². The maximum Gasteiger partial charge on any atom is 0.305 e. The molecule has 1 aromatic rings. The Morgan fingerprint density at radius 3 is 1.48 bits per heavy atom. The van der Waals surface area contributed by atoms with Gasteiger partial charge in [-0.05, 0) is 25.7 Å². The number of primary amides is 1. The Bertz CT molecular complexity index is 1810. The first-order valence-electron chi connectivity index (χ1n) is 19.6.